The Morgan fingerprint density at radius 1 is 1.33 bits per heavy atom. The fourth-order valence-electron chi connectivity index (χ4n) is 1.02. The van der Waals surface area contributed by atoms with Gasteiger partial charge >= 0.3 is 0 Å². The van der Waals surface area contributed by atoms with Gasteiger partial charge in [-0.15, -0.1) is 0 Å². The molecule has 0 amide bonds. The summed E-state index contributed by atoms with van der Waals surface area (Å²) in [5.41, 5.74) is 0. The van der Waals surface area contributed by atoms with Crippen LogP contribution >= 0.6 is 15.9 Å². The number of sulfone groups is 1. The van der Waals surface area contributed by atoms with Gasteiger partial charge in [-0.3, -0.25) is 0 Å². The van der Waals surface area contributed by atoms with Crippen LogP contribution in [0.25, 0.3) is 0 Å². The normalized spacial score (nSPS) is 14.6. The summed E-state index contributed by atoms with van der Waals surface area (Å²) in [7, 11) is -2.76. The molecular weight excluding hydrogens is 240 g/mol. The molecule has 0 rings (SSSR count). The Kier molecular flexibility index (Phi) is 6.19. The highest BCUT2D eigenvalue weighted by Gasteiger charge is 2.05. The van der Waals surface area contributed by atoms with Gasteiger partial charge < -0.3 is 0 Å². The molecular formula is C8H17BrO2S. The third-order valence-electron chi connectivity index (χ3n) is 1.63. The Balaban J connectivity index is 3.44. The Morgan fingerprint density at radius 3 is 2.33 bits per heavy atom. The van der Waals surface area contributed by atoms with E-state index in [1.165, 1.54) is 6.26 Å². The van der Waals surface area contributed by atoms with E-state index in [0.29, 0.717) is 10.6 Å². The molecule has 0 spiro atoms. The standard InChI is InChI=1S/C8H17BrO2S/c1-3-5-8(9)6-4-7-12(2,10)11/h8H,3-7H2,1-2H3. The summed E-state index contributed by atoms with van der Waals surface area (Å²) in [6, 6.07) is 0. The number of alkyl halides is 1. The van der Waals surface area contributed by atoms with Crippen molar-refractivity contribution in [1.29, 1.82) is 0 Å². The summed E-state index contributed by atoms with van der Waals surface area (Å²) in [6.45, 7) is 2.13. The van der Waals surface area contributed by atoms with Crippen molar-refractivity contribution in [3.8, 4) is 0 Å². The van der Waals surface area contributed by atoms with E-state index in [4.69, 9.17) is 0 Å². The number of rotatable bonds is 6. The zero-order valence-corrected chi connectivity index (χ0v) is 10.1. The van der Waals surface area contributed by atoms with Crippen LogP contribution < -0.4 is 0 Å². The van der Waals surface area contributed by atoms with Gasteiger partial charge in [-0.1, -0.05) is 29.3 Å². The lowest BCUT2D eigenvalue weighted by Crippen LogP contribution is -2.06. The Labute approximate surface area is 83.8 Å². The van der Waals surface area contributed by atoms with Crippen LogP contribution in [0.5, 0.6) is 0 Å². The lowest BCUT2D eigenvalue weighted by atomic mass is 10.2. The van der Waals surface area contributed by atoms with Crippen LogP contribution in [-0.4, -0.2) is 25.3 Å². The molecule has 1 atom stereocenters. The van der Waals surface area contributed by atoms with E-state index in [1.54, 1.807) is 0 Å². The number of hydrogen-bond donors (Lipinski definition) is 0. The van der Waals surface area contributed by atoms with Crippen molar-refractivity contribution in [2.75, 3.05) is 12.0 Å². The van der Waals surface area contributed by atoms with Gasteiger partial charge in [0.25, 0.3) is 0 Å². The van der Waals surface area contributed by atoms with Crippen molar-refractivity contribution >= 4 is 25.8 Å². The van der Waals surface area contributed by atoms with Crippen LogP contribution in [0.2, 0.25) is 0 Å². The maximum atomic E-state index is 10.8. The monoisotopic (exact) mass is 256 g/mol. The molecule has 74 valence electrons. The second-order valence-electron chi connectivity index (χ2n) is 3.16. The highest BCUT2D eigenvalue weighted by atomic mass is 79.9. The highest BCUT2D eigenvalue weighted by Crippen LogP contribution is 2.14. The van der Waals surface area contributed by atoms with Crippen molar-refractivity contribution in [1.82, 2.24) is 0 Å². The van der Waals surface area contributed by atoms with Crippen molar-refractivity contribution in [2.45, 2.75) is 37.4 Å². The predicted octanol–water partition coefficient (Wildman–Crippen LogP) is 2.37. The molecule has 0 saturated heterocycles. The molecule has 0 aromatic rings. The number of halogens is 1. The van der Waals surface area contributed by atoms with E-state index in [9.17, 15) is 8.42 Å². The molecule has 0 saturated carbocycles. The van der Waals surface area contributed by atoms with E-state index in [1.807, 2.05) is 0 Å². The first-order valence-electron chi connectivity index (χ1n) is 4.27. The SMILES string of the molecule is CCCC(Br)CCCS(C)(=O)=O. The van der Waals surface area contributed by atoms with E-state index >= 15 is 0 Å². The molecule has 0 aromatic carbocycles. The van der Waals surface area contributed by atoms with Crippen LogP contribution in [0.3, 0.4) is 0 Å². The molecule has 0 aliphatic rings. The first-order valence-corrected chi connectivity index (χ1v) is 7.25. The molecule has 0 aliphatic heterocycles. The molecule has 0 radical (unpaired) electrons. The molecule has 0 N–H and O–H groups in total. The fourth-order valence-corrected chi connectivity index (χ4v) is 2.50. The van der Waals surface area contributed by atoms with Gasteiger partial charge in [0.1, 0.15) is 9.84 Å². The molecule has 12 heavy (non-hydrogen) atoms. The van der Waals surface area contributed by atoms with Crippen LogP contribution in [0.1, 0.15) is 32.6 Å². The van der Waals surface area contributed by atoms with E-state index < -0.39 is 9.84 Å². The summed E-state index contributed by atoms with van der Waals surface area (Å²) in [5, 5.41) is 0. The smallest absolute Gasteiger partial charge is 0.147 e. The van der Waals surface area contributed by atoms with Crippen molar-refractivity contribution in [2.24, 2.45) is 0 Å². The van der Waals surface area contributed by atoms with Gasteiger partial charge in [-0.25, -0.2) is 8.42 Å². The summed E-state index contributed by atoms with van der Waals surface area (Å²) in [6.07, 6.45) is 5.30. The third kappa shape index (κ3) is 8.53. The van der Waals surface area contributed by atoms with Crippen molar-refractivity contribution in [3.63, 3.8) is 0 Å². The quantitative estimate of drug-likeness (QED) is 0.684. The first-order chi connectivity index (χ1) is 5.45. The lowest BCUT2D eigenvalue weighted by Gasteiger charge is -2.06. The van der Waals surface area contributed by atoms with Gasteiger partial charge in [0.15, 0.2) is 0 Å². The zero-order valence-electron chi connectivity index (χ0n) is 7.72. The summed E-state index contributed by atoms with van der Waals surface area (Å²) >= 11 is 3.51. The minimum absolute atomic E-state index is 0.318. The van der Waals surface area contributed by atoms with Crippen LogP contribution in [0, 0.1) is 0 Å². The lowest BCUT2D eigenvalue weighted by molar-refractivity contribution is 0.594. The Hall–Kier alpha value is 0.430. The maximum Gasteiger partial charge on any atom is 0.147 e. The average molecular weight is 257 g/mol. The minimum Gasteiger partial charge on any atom is -0.229 e. The molecule has 0 aromatic heterocycles. The van der Waals surface area contributed by atoms with Crippen LogP contribution in [-0.2, 0) is 9.84 Å². The Bertz CT molecular complexity index is 199. The molecule has 0 aliphatic carbocycles. The third-order valence-corrected chi connectivity index (χ3v) is 3.58. The Morgan fingerprint density at radius 2 is 1.92 bits per heavy atom. The van der Waals surface area contributed by atoms with E-state index in [0.717, 1.165) is 25.7 Å². The van der Waals surface area contributed by atoms with Crippen molar-refractivity contribution in [3.05, 3.63) is 0 Å². The maximum absolute atomic E-state index is 10.8. The second kappa shape index (κ2) is 5.97. The molecule has 1 unspecified atom stereocenters. The molecule has 0 fully saturated rings. The summed E-state index contributed by atoms with van der Waals surface area (Å²) < 4.78 is 21.5. The van der Waals surface area contributed by atoms with Gasteiger partial charge in [0, 0.05) is 16.8 Å². The van der Waals surface area contributed by atoms with Gasteiger partial charge in [0.05, 0.1) is 0 Å². The van der Waals surface area contributed by atoms with Crippen molar-refractivity contribution < 1.29 is 8.42 Å². The largest absolute Gasteiger partial charge is 0.229 e. The summed E-state index contributed by atoms with van der Waals surface area (Å²) in [5.74, 6) is 0.318. The van der Waals surface area contributed by atoms with E-state index in [-0.39, 0.29) is 0 Å². The molecule has 0 bridgehead atoms. The van der Waals surface area contributed by atoms with E-state index in [2.05, 4.69) is 22.9 Å². The topological polar surface area (TPSA) is 34.1 Å². The van der Waals surface area contributed by atoms with Crippen LogP contribution in [0.15, 0.2) is 0 Å². The molecule has 4 heteroatoms. The highest BCUT2D eigenvalue weighted by molar-refractivity contribution is 9.09. The second-order valence-corrected chi connectivity index (χ2v) is 6.71. The fraction of sp³-hybridized carbons (Fsp3) is 1.00. The summed E-state index contributed by atoms with van der Waals surface area (Å²) in [4.78, 5) is 0.490. The first kappa shape index (κ1) is 12.4. The van der Waals surface area contributed by atoms with Gasteiger partial charge in [-0.05, 0) is 19.3 Å². The molecule has 2 nitrogen and oxygen atoms in total. The predicted molar refractivity (Wildman–Crippen MR) is 56.6 cm³/mol. The molecule has 0 heterocycles. The number of hydrogen-bond acceptors (Lipinski definition) is 2. The zero-order chi connectivity index (χ0) is 9.61. The van der Waals surface area contributed by atoms with Gasteiger partial charge in [0.2, 0.25) is 0 Å². The van der Waals surface area contributed by atoms with Gasteiger partial charge in [-0.2, -0.15) is 0 Å². The minimum atomic E-state index is -2.76. The van der Waals surface area contributed by atoms with Crippen LogP contribution in [0.4, 0.5) is 0 Å². The average Bonchev–Trinajstić information content (AvgIpc) is 1.84.